The van der Waals surface area contributed by atoms with Crippen molar-refractivity contribution in [1.82, 2.24) is 4.90 Å². The average Bonchev–Trinajstić information content (AvgIpc) is 2.73. The zero-order valence-electron chi connectivity index (χ0n) is 16.7. The van der Waals surface area contributed by atoms with Crippen molar-refractivity contribution in [1.29, 1.82) is 0 Å². The van der Waals surface area contributed by atoms with Gasteiger partial charge in [-0.25, -0.2) is 4.79 Å². The van der Waals surface area contributed by atoms with Gasteiger partial charge in [-0.15, -0.1) is 0 Å². The molecule has 1 saturated heterocycles. The molecule has 1 fully saturated rings. The maximum absolute atomic E-state index is 12.9. The number of rotatable bonds is 5. The molecule has 2 N–H and O–H groups in total. The molecule has 162 valence electrons. The van der Waals surface area contributed by atoms with Crippen LogP contribution in [-0.4, -0.2) is 42.8 Å². The van der Waals surface area contributed by atoms with E-state index in [0.29, 0.717) is 25.9 Å². The Morgan fingerprint density at radius 2 is 2.00 bits per heavy atom. The quantitative estimate of drug-likeness (QED) is 0.743. The van der Waals surface area contributed by atoms with E-state index in [-0.39, 0.29) is 12.3 Å². The van der Waals surface area contributed by atoms with Gasteiger partial charge in [0.2, 0.25) is 0 Å². The van der Waals surface area contributed by atoms with E-state index >= 15 is 0 Å². The van der Waals surface area contributed by atoms with Gasteiger partial charge in [0.05, 0.1) is 19.3 Å². The number of amides is 2. The molecule has 30 heavy (non-hydrogen) atoms. The molecule has 0 radical (unpaired) electrons. The van der Waals surface area contributed by atoms with Crippen LogP contribution in [0.25, 0.3) is 0 Å². The highest BCUT2D eigenvalue weighted by Gasteiger charge is 2.37. The van der Waals surface area contributed by atoms with Crippen LogP contribution in [0.5, 0.6) is 5.75 Å². The van der Waals surface area contributed by atoms with Crippen LogP contribution in [0.15, 0.2) is 48.5 Å². The zero-order valence-corrected chi connectivity index (χ0v) is 16.7. The number of methoxy groups -OCH3 is 1. The van der Waals surface area contributed by atoms with Gasteiger partial charge in [-0.05, 0) is 55.2 Å². The van der Waals surface area contributed by atoms with E-state index in [1.165, 1.54) is 12.1 Å². The second-order valence-electron chi connectivity index (χ2n) is 7.72. The van der Waals surface area contributed by atoms with E-state index in [9.17, 15) is 23.1 Å². The summed E-state index contributed by atoms with van der Waals surface area (Å²) >= 11 is 0. The summed E-state index contributed by atoms with van der Waals surface area (Å²) in [6, 6.07) is 11.6. The minimum absolute atomic E-state index is 0.0859. The lowest BCUT2D eigenvalue weighted by Crippen LogP contribution is -2.50. The molecule has 8 heteroatoms. The van der Waals surface area contributed by atoms with Crippen molar-refractivity contribution in [3.8, 4) is 5.75 Å². The lowest BCUT2D eigenvalue weighted by atomic mass is 9.76. The Labute approximate surface area is 173 Å². The van der Waals surface area contributed by atoms with Crippen molar-refractivity contribution in [2.45, 2.75) is 25.4 Å². The fourth-order valence-electron chi connectivity index (χ4n) is 3.90. The first-order valence-electron chi connectivity index (χ1n) is 9.72. The SMILES string of the molecule is COc1cccc(CC2(CO)CCCN(C(=O)Nc3cccc(C(F)(F)F)c3)C2)c1. The van der Waals surface area contributed by atoms with Gasteiger partial charge in [-0.1, -0.05) is 18.2 Å². The second kappa shape index (κ2) is 8.95. The van der Waals surface area contributed by atoms with Crippen molar-refractivity contribution in [3.63, 3.8) is 0 Å². The molecule has 1 unspecified atom stereocenters. The second-order valence-corrected chi connectivity index (χ2v) is 7.72. The van der Waals surface area contributed by atoms with E-state index in [0.717, 1.165) is 29.9 Å². The lowest BCUT2D eigenvalue weighted by Gasteiger charge is -2.42. The number of aliphatic hydroxyl groups is 1. The van der Waals surface area contributed by atoms with Crippen LogP contribution in [0, 0.1) is 5.41 Å². The number of urea groups is 1. The molecule has 1 aliphatic rings. The van der Waals surface area contributed by atoms with E-state index < -0.39 is 23.2 Å². The molecule has 0 bridgehead atoms. The number of hydrogen-bond acceptors (Lipinski definition) is 3. The molecule has 0 aliphatic carbocycles. The highest BCUT2D eigenvalue weighted by molar-refractivity contribution is 5.89. The molecule has 5 nitrogen and oxygen atoms in total. The smallest absolute Gasteiger partial charge is 0.416 e. The maximum atomic E-state index is 12.9. The predicted octanol–water partition coefficient (Wildman–Crippen LogP) is 4.56. The van der Waals surface area contributed by atoms with E-state index in [2.05, 4.69) is 5.32 Å². The number of piperidine rings is 1. The average molecular weight is 422 g/mol. The number of carbonyl (C=O) groups is 1. The van der Waals surface area contributed by atoms with Crippen molar-refractivity contribution in [2.24, 2.45) is 5.41 Å². The van der Waals surface area contributed by atoms with Gasteiger partial charge in [0.25, 0.3) is 0 Å². The molecule has 1 atom stereocenters. The largest absolute Gasteiger partial charge is 0.497 e. The van der Waals surface area contributed by atoms with E-state index in [1.54, 1.807) is 12.0 Å². The molecule has 3 rings (SSSR count). The Hall–Kier alpha value is -2.74. The van der Waals surface area contributed by atoms with Crippen molar-refractivity contribution >= 4 is 11.7 Å². The van der Waals surface area contributed by atoms with Crippen LogP contribution in [0.1, 0.15) is 24.0 Å². The predicted molar refractivity (Wildman–Crippen MR) is 107 cm³/mol. The van der Waals surface area contributed by atoms with Gasteiger partial charge >= 0.3 is 12.2 Å². The van der Waals surface area contributed by atoms with Gasteiger partial charge in [0, 0.05) is 24.2 Å². The summed E-state index contributed by atoms with van der Waals surface area (Å²) in [6.45, 7) is 0.688. The fourth-order valence-corrected chi connectivity index (χ4v) is 3.90. The lowest BCUT2D eigenvalue weighted by molar-refractivity contribution is -0.137. The molecule has 0 aromatic heterocycles. The minimum atomic E-state index is -4.48. The summed E-state index contributed by atoms with van der Waals surface area (Å²) in [6.07, 6.45) is -2.47. The molecule has 0 spiro atoms. The normalized spacial score (nSPS) is 19.4. The summed E-state index contributed by atoms with van der Waals surface area (Å²) in [5, 5.41) is 12.7. The Morgan fingerprint density at radius 3 is 2.70 bits per heavy atom. The number of likely N-dealkylation sites (tertiary alicyclic amines) is 1. The molecule has 1 heterocycles. The van der Waals surface area contributed by atoms with Crippen LogP contribution >= 0.6 is 0 Å². The third-order valence-corrected chi connectivity index (χ3v) is 5.44. The van der Waals surface area contributed by atoms with Crippen molar-refractivity contribution < 1.29 is 27.8 Å². The number of hydrogen-bond donors (Lipinski definition) is 2. The Morgan fingerprint density at radius 1 is 1.23 bits per heavy atom. The number of aliphatic hydroxyl groups excluding tert-OH is 1. The molecule has 2 aromatic rings. The Kier molecular flexibility index (Phi) is 6.55. The Balaban J connectivity index is 1.71. The molecular formula is C22H25F3N2O3. The summed E-state index contributed by atoms with van der Waals surface area (Å²) in [5.41, 5.74) is -0.261. The zero-order chi connectivity index (χ0) is 21.8. The van der Waals surface area contributed by atoms with Crippen LogP contribution in [0.3, 0.4) is 0 Å². The van der Waals surface area contributed by atoms with Crippen LogP contribution in [-0.2, 0) is 12.6 Å². The van der Waals surface area contributed by atoms with Gasteiger partial charge in [-0.3, -0.25) is 0 Å². The van der Waals surface area contributed by atoms with Gasteiger partial charge < -0.3 is 20.1 Å². The van der Waals surface area contributed by atoms with E-state index in [4.69, 9.17) is 4.74 Å². The van der Waals surface area contributed by atoms with E-state index in [1.807, 2.05) is 24.3 Å². The van der Waals surface area contributed by atoms with Crippen LogP contribution < -0.4 is 10.1 Å². The van der Waals surface area contributed by atoms with Crippen LogP contribution in [0.4, 0.5) is 23.7 Å². The van der Waals surface area contributed by atoms with Gasteiger partial charge in [0.15, 0.2) is 0 Å². The molecule has 2 aromatic carbocycles. The number of alkyl halides is 3. The van der Waals surface area contributed by atoms with Crippen LogP contribution in [0.2, 0.25) is 0 Å². The highest BCUT2D eigenvalue weighted by Crippen LogP contribution is 2.35. The number of carbonyl (C=O) groups excluding carboxylic acids is 1. The molecule has 1 aliphatic heterocycles. The number of benzene rings is 2. The first-order valence-corrected chi connectivity index (χ1v) is 9.72. The molecule has 0 saturated carbocycles. The topological polar surface area (TPSA) is 61.8 Å². The number of nitrogens with zero attached hydrogens (tertiary/aromatic N) is 1. The monoisotopic (exact) mass is 422 g/mol. The summed E-state index contributed by atoms with van der Waals surface area (Å²) in [4.78, 5) is 14.3. The number of halogens is 3. The standard InChI is InChI=1S/C22H25F3N2O3/c1-30-19-8-2-5-16(11-19)13-21(15-28)9-4-10-27(14-21)20(29)26-18-7-3-6-17(12-18)22(23,24)25/h2-3,5-8,11-12,28H,4,9-10,13-15H2,1H3,(H,26,29). The maximum Gasteiger partial charge on any atom is 0.416 e. The third kappa shape index (κ3) is 5.24. The van der Waals surface area contributed by atoms with Crippen molar-refractivity contribution in [2.75, 3.05) is 32.1 Å². The molecule has 2 amide bonds. The first kappa shape index (κ1) is 22.0. The summed E-state index contributed by atoms with van der Waals surface area (Å²) in [7, 11) is 1.58. The first-order chi connectivity index (χ1) is 14.2. The molecular weight excluding hydrogens is 397 g/mol. The minimum Gasteiger partial charge on any atom is -0.497 e. The number of ether oxygens (including phenoxy) is 1. The number of nitrogens with one attached hydrogen (secondary N) is 1. The third-order valence-electron chi connectivity index (χ3n) is 5.44. The highest BCUT2D eigenvalue weighted by atomic mass is 19.4. The fraction of sp³-hybridized carbons (Fsp3) is 0.409. The van der Waals surface area contributed by atoms with Gasteiger partial charge in [-0.2, -0.15) is 13.2 Å². The summed E-state index contributed by atoms with van der Waals surface area (Å²) in [5.74, 6) is 0.718. The number of anilines is 1. The Bertz CT molecular complexity index is 888. The van der Waals surface area contributed by atoms with Crippen molar-refractivity contribution in [3.05, 3.63) is 59.7 Å². The van der Waals surface area contributed by atoms with Gasteiger partial charge in [0.1, 0.15) is 5.75 Å². The summed E-state index contributed by atoms with van der Waals surface area (Å²) < 4.78 is 44.0.